The Labute approximate surface area is 266 Å². The molecule has 224 valence electrons. The molecule has 0 saturated carbocycles. The van der Waals surface area contributed by atoms with Crippen molar-refractivity contribution in [3.8, 4) is 16.9 Å². The van der Waals surface area contributed by atoms with Gasteiger partial charge >= 0.3 is 0 Å². The van der Waals surface area contributed by atoms with Gasteiger partial charge in [-0.15, -0.1) is 11.8 Å². The molecule has 5 aromatic carbocycles. The van der Waals surface area contributed by atoms with E-state index in [9.17, 15) is 14.4 Å². The molecule has 8 heteroatoms. The molecule has 0 atom stereocenters. The first-order valence-corrected chi connectivity index (χ1v) is 15.2. The van der Waals surface area contributed by atoms with Gasteiger partial charge < -0.3 is 20.7 Å². The molecule has 45 heavy (non-hydrogen) atoms. The van der Waals surface area contributed by atoms with Crippen LogP contribution >= 0.6 is 11.8 Å². The summed E-state index contributed by atoms with van der Waals surface area (Å²) in [5.41, 5.74) is 4.51. The molecule has 0 saturated heterocycles. The summed E-state index contributed by atoms with van der Waals surface area (Å²) in [6, 6.07) is 40.9. The Hall–Kier alpha value is -5.60. The molecule has 3 amide bonds. The molecule has 0 unspecified atom stereocenters. The zero-order chi connectivity index (χ0) is 31.4. The smallest absolute Gasteiger partial charge is 0.272 e. The topological polar surface area (TPSA) is 96.5 Å². The summed E-state index contributed by atoms with van der Waals surface area (Å²) < 4.78 is 5.30. The van der Waals surface area contributed by atoms with Gasteiger partial charge in [0.15, 0.2) is 0 Å². The summed E-state index contributed by atoms with van der Waals surface area (Å²) in [6.45, 7) is 0. The minimum absolute atomic E-state index is 0.0885. The van der Waals surface area contributed by atoms with Gasteiger partial charge in [0.1, 0.15) is 11.4 Å². The van der Waals surface area contributed by atoms with Gasteiger partial charge in [-0.05, 0) is 65.2 Å². The minimum atomic E-state index is -0.484. The van der Waals surface area contributed by atoms with Crippen LogP contribution in [-0.4, -0.2) is 30.6 Å². The molecule has 0 aliphatic rings. The van der Waals surface area contributed by atoms with Crippen LogP contribution in [-0.2, 0) is 9.59 Å². The first-order valence-electron chi connectivity index (χ1n) is 14.2. The maximum Gasteiger partial charge on any atom is 0.272 e. The number of ether oxygens (including phenoxy) is 1. The van der Waals surface area contributed by atoms with E-state index in [4.69, 9.17) is 4.74 Å². The van der Waals surface area contributed by atoms with Gasteiger partial charge in [-0.25, -0.2) is 0 Å². The zero-order valence-electron chi connectivity index (χ0n) is 24.5. The Morgan fingerprint density at radius 2 is 1.38 bits per heavy atom. The first-order chi connectivity index (χ1) is 22.0. The van der Waals surface area contributed by atoms with Crippen LogP contribution in [0.1, 0.15) is 15.9 Å². The monoisotopic (exact) mass is 613 g/mol. The Morgan fingerprint density at radius 3 is 2.11 bits per heavy atom. The maximum absolute atomic E-state index is 13.5. The Balaban J connectivity index is 1.30. The lowest BCUT2D eigenvalue weighted by Crippen LogP contribution is -2.30. The van der Waals surface area contributed by atoms with Gasteiger partial charge in [-0.2, -0.15) is 0 Å². The third-order valence-corrected chi connectivity index (χ3v) is 7.69. The highest BCUT2D eigenvalue weighted by Crippen LogP contribution is 2.26. The Morgan fingerprint density at radius 1 is 0.711 bits per heavy atom. The zero-order valence-corrected chi connectivity index (χ0v) is 25.3. The molecule has 7 nitrogen and oxygen atoms in total. The van der Waals surface area contributed by atoms with Crippen LogP contribution < -0.4 is 20.7 Å². The van der Waals surface area contributed by atoms with E-state index in [1.54, 1.807) is 67.8 Å². The molecular formula is C37H31N3O4S. The second kappa shape index (κ2) is 15.2. The van der Waals surface area contributed by atoms with Gasteiger partial charge in [0, 0.05) is 16.1 Å². The quantitative estimate of drug-likeness (QED) is 0.106. The summed E-state index contributed by atoms with van der Waals surface area (Å²) in [5, 5.41) is 8.52. The van der Waals surface area contributed by atoms with Crippen molar-refractivity contribution in [3.05, 3.63) is 150 Å². The van der Waals surface area contributed by atoms with Crippen LogP contribution in [0.25, 0.3) is 17.2 Å². The fraction of sp³-hybridized carbons (Fsp3) is 0.0541. The molecular weight excluding hydrogens is 582 g/mol. The van der Waals surface area contributed by atoms with Crippen LogP contribution in [0.5, 0.6) is 5.75 Å². The number of rotatable bonds is 11. The van der Waals surface area contributed by atoms with Gasteiger partial charge in [-0.3, -0.25) is 14.4 Å². The van der Waals surface area contributed by atoms with Gasteiger partial charge in [0.05, 0.1) is 18.6 Å². The second-order valence-corrected chi connectivity index (χ2v) is 10.9. The molecule has 0 spiro atoms. The van der Waals surface area contributed by atoms with E-state index in [0.717, 1.165) is 21.6 Å². The number of nitrogens with one attached hydrogen (secondary N) is 3. The number of carbonyl (C=O) groups excluding carboxylic acids is 3. The number of hydrogen-bond acceptors (Lipinski definition) is 5. The minimum Gasteiger partial charge on any atom is -0.495 e. The van der Waals surface area contributed by atoms with E-state index in [-0.39, 0.29) is 17.4 Å². The average molecular weight is 614 g/mol. The van der Waals surface area contributed by atoms with Crippen LogP contribution in [0.3, 0.4) is 0 Å². The molecule has 0 heterocycles. The number of thioether (sulfide) groups is 1. The largest absolute Gasteiger partial charge is 0.495 e. The molecule has 0 aliphatic heterocycles. The third kappa shape index (κ3) is 8.72. The normalized spacial score (nSPS) is 10.9. The SMILES string of the molecule is COc1ccccc1NC(=O)CSc1cccc(NC(=O)/C(=C\c2ccc(-c3ccccc3)cc2)NC(=O)c2ccccc2)c1. The summed E-state index contributed by atoms with van der Waals surface area (Å²) in [6.07, 6.45) is 1.64. The molecule has 0 bridgehead atoms. The maximum atomic E-state index is 13.5. The number of carbonyl (C=O) groups is 3. The number of para-hydroxylation sites is 2. The highest BCUT2D eigenvalue weighted by atomic mass is 32.2. The highest BCUT2D eigenvalue weighted by molar-refractivity contribution is 8.00. The van der Waals surface area contributed by atoms with Gasteiger partial charge in [-0.1, -0.05) is 91.0 Å². The molecule has 3 N–H and O–H groups in total. The van der Waals surface area contributed by atoms with E-state index >= 15 is 0 Å². The average Bonchev–Trinajstić information content (AvgIpc) is 3.08. The van der Waals surface area contributed by atoms with Crippen molar-refractivity contribution in [1.82, 2.24) is 5.32 Å². The molecule has 0 radical (unpaired) electrons. The lowest BCUT2D eigenvalue weighted by Gasteiger charge is -2.13. The third-order valence-electron chi connectivity index (χ3n) is 6.70. The van der Waals surface area contributed by atoms with E-state index in [2.05, 4.69) is 16.0 Å². The van der Waals surface area contributed by atoms with Gasteiger partial charge in [0.2, 0.25) is 5.91 Å². The summed E-state index contributed by atoms with van der Waals surface area (Å²) in [4.78, 5) is 40.0. The van der Waals surface area contributed by atoms with Crippen LogP contribution in [0.2, 0.25) is 0 Å². The van der Waals surface area contributed by atoms with E-state index in [1.807, 2.05) is 78.9 Å². The highest BCUT2D eigenvalue weighted by Gasteiger charge is 2.16. The fourth-order valence-electron chi connectivity index (χ4n) is 4.46. The van der Waals surface area contributed by atoms with Crippen molar-refractivity contribution in [3.63, 3.8) is 0 Å². The van der Waals surface area contributed by atoms with E-state index < -0.39 is 11.8 Å². The van der Waals surface area contributed by atoms with Crippen LogP contribution in [0, 0.1) is 0 Å². The number of anilines is 2. The van der Waals surface area contributed by atoms with Crippen LogP contribution in [0.4, 0.5) is 11.4 Å². The standard InChI is InChI=1S/C37H31N3O4S/c1-44-34-18-9-8-17-32(34)39-35(41)25-45-31-16-10-15-30(24-31)38-37(43)33(40-36(42)29-13-6-3-7-14-29)23-26-19-21-28(22-20-26)27-11-4-2-5-12-27/h2-24H,25H2,1H3,(H,38,43)(H,39,41)(H,40,42)/b33-23+. The molecule has 0 aromatic heterocycles. The number of methoxy groups -OCH3 is 1. The summed E-state index contributed by atoms with van der Waals surface area (Å²) in [7, 11) is 1.55. The van der Waals surface area contributed by atoms with Gasteiger partial charge in [0.25, 0.3) is 11.8 Å². The predicted octanol–water partition coefficient (Wildman–Crippen LogP) is 7.50. The number of hydrogen-bond donors (Lipinski definition) is 3. The molecule has 5 rings (SSSR count). The van der Waals surface area contributed by atoms with Crippen molar-refractivity contribution in [1.29, 1.82) is 0 Å². The lowest BCUT2D eigenvalue weighted by atomic mass is 10.0. The van der Waals surface area contributed by atoms with Crippen molar-refractivity contribution in [2.45, 2.75) is 4.90 Å². The first kappa shape index (κ1) is 30.8. The van der Waals surface area contributed by atoms with Crippen molar-refractivity contribution in [2.24, 2.45) is 0 Å². The van der Waals surface area contributed by atoms with Crippen molar-refractivity contribution >= 4 is 46.9 Å². The molecule has 0 fully saturated rings. The fourth-order valence-corrected chi connectivity index (χ4v) is 5.21. The Kier molecular flexibility index (Phi) is 10.4. The summed E-state index contributed by atoms with van der Waals surface area (Å²) in [5.74, 6) is -0.333. The Bertz CT molecular complexity index is 1810. The number of benzene rings is 5. The second-order valence-electron chi connectivity index (χ2n) is 9.89. The van der Waals surface area contributed by atoms with E-state index in [1.165, 1.54) is 11.8 Å². The van der Waals surface area contributed by atoms with Crippen molar-refractivity contribution < 1.29 is 19.1 Å². The van der Waals surface area contributed by atoms with Crippen LogP contribution in [0.15, 0.2) is 144 Å². The molecule has 0 aliphatic carbocycles. The van der Waals surface area contributed by atoms with Crippen molar-refractivity contribution in [2.75, 3.05) is 23.5 Å². The summed E-state index contributed by atoms with van der Waals surface area (Å²) >= 11 is 1.33. The van der Waals surface area contributed by atoms with E-state index in [0.29, 0.717) is 22.7 Å². The predicted molar refractivity (Wildman–Crippen MR) is 181 cm³/mol. The number of amides is 3. The molecule has 5 aromatic rings. The lowest BCUT2D eigenvalue weighted by molar-refractivity contribution is -0.114.